The zero-order valence-electron chi connectivity index (χ0n) is 12.8. The number of hydrogen-bond acceptors (Lipinski definition) is 2. The van der Waals surface area contributed by atoms with Gasteiger partial charge in [0.05, 0.1) is 11.1 Å². The number of ether oxygens (including phenoxy) is 1. The zero-order chi connectivity index (χ0) is 16.4. The molecule has 2 aromatic rings. The number of likely N-dealkylation sites (N-methyl/N-ethyl adjacent to an activating group) is 1. The van der Waals surface area contributed by atoms with Gasteiger partial charge in [0.15, 0.2) is 6.61 Å². The standard InChI is InChI=1S/C18H17ClFNO2/c1-21(16-8-6-12-4-2-3-5-14(12)16)18(22)11-23-17-9-7-13(20)10-15(17)19/h2-5,7,9-10,16H,6,8,11H2,1H3/t16-/m1/s1. The molecule has 1 aliphatic rings. The summed E-state index contributed by atoms with van der Waals surface area (Å²) in [4.78, 5) is 14.1. The predicted molar refractivity (Wildman–Crippen MR) is 87.2 cm³/mol. The van der Waals surface area contributed by atoms with Crippen molar-refractivity contribution < 1.29 is 13.9 Å². The molecular formula is C18H17ClFNO2. The Morgan fingerprint density at radius 2 is 2.13 bits per heavy atom. The quantitative estimate of drug-likeness (QED) is 0.846. The second kappa shape index (κ2) is 6.59. The van der Waals surface area contributed by atoms with Crippen LogP contribution in [-0.2, 0) is 11.2 Å². The van der Waals surface area contributed by atoms with Gasteiger partial charge < -0.3 is 9.64 Å². The average Bonchev–Trinajstić information content (AvgIpc) is 2.97. The van der Waals surface area contributed by atoms with Crippen molar-refractivity contribution in [3.63, 3.8) is 0 Å². The molecular weight excluding hydrogens is 317 g/mol. The Morgan fingerprint density at radius 3 is 2.91 bits per heavy atom. The molecule has 120 valence electrons. The molecule has 3 nitrogen and oxygen atoms in total. The molecule has 0 spiro atoms. The largest absolute Gasteiger partial charge is 0.482 e. The predicted octanol–water partition coefficient (Wildman–Crippen LogP) is 4.00. The number of aryl methyl sites for hydroxylation is 1. The fourth-order valence-corrected chi connectivity index (χ4v) is 3.17. The van der Waals surface area contributed by atoms with E-state index in [1.165, 1.54) is 23.3 Å². The summed E-state index contributed by atoms with van der Waals surface area (Å²) in [5.41, 5.74) is 2.49. The maximum Gasteiger partial charge on any atom is 0.260 e. The third kappa shape index (κ3) is 3.32. The number of amides is 1. The van der Waals surface area contributed by atoms with E-state index in [0.29, 0.717) is 5.75 Å². The van der Waals surface area contributed by atoms with E-state index >= 15 is 0 Å². The molecule has 5 heteroatoms. The Hall–Kier alpha value is -2.07. The molecule has 1 amide bonds. The number of carbonyl (C=O) groups excluding carboxylic acids is 1. The van der Waals surface area contributed by atoms with Crippen molar-refractivity contribution in [1.82, 2.24) is 4.90 Å². The molecule has 0 saturated carbocycles. The van der Waals surface area contributed by atoms with Crippen LogP contribution in [0.15, 0.2) is 42.5 Å². The van der Waals surface area contributed by atoms with Crippen molar-refractivity contribution in [2.45, 2.75) is 18.9 Å². The second-order valence-electron chi connectivity index (χ2n) is 5.62. The summed E-state index contributed by atoms with van der Waals surface area (Å²) in [6.07, 6.45) is 1.89. The van der Waals surface area contributed by atoms with Gasteiger partial charge in [-0.2, -0.15) is 0 Å². The molecule has 0 saturated heterocycles. The minimum Gasteiger partial charge on any atom is -0.482 e. The summed E-state index contributed by atoms with van der Waals surface area (Å²) in [5.74, 6) is -0.262. The summed E-state index contributed by atoms with van der Waals surface area (Å²) in [6.45, 7) is -0.124. The number of nitrogens with zero attached hydrogens (tertiary/aromatic N) is 1. The van der Waals surface area contributed by atoms with Gasteiger partial charge in [0, 0.05) is 7.05 Å². The molecule has 0 unspecified atom stereocenters. The molecule has 0 bridgehead atoms. The van der Waals surface area contributed by atoms with Crippen LogP contribution in [0.5, 0.6) is 5.75 Å². The van der Waals surface area contributed by atoms with Crippen LogP contribution in [0.2, 0.25) is 5.02 Å². The molecule has 23 heavy (non-hydrogen) atoms. The third-order valence-corrected chi connectivity index (χ3v) is 4.50. The maximum atomic E-state index is 13.0. The summed E-state index contributed by atoms with van der Waals surface area (Å²) in [5, 5.41) is 0.159. The minimum absolute atomic E-state index is 0.0750. The molecule has 0 aromatic heterocycles. The molecule has 1 atom stereocenters. The normalized spacial score (nSPS) is 16.0. The zero-order valence-corrected chi connectivity index (χ0v) is 13.5. The Balaban J connectivity index is 1.65. The smallest absolute Gasteiger partial charge is 0.260 e. The molecule has 0 fully saturated rings. The molecule has 3 rings (SSSR count). The summed E-state index contributed by atoms with van der Waals surface area (Å²) in [7, 11) is 1.78. The lowest BCUT2D eigenvalue weighted by Gasteiger charge is -2.25. The maximum absolute atomic E-state index is 13.0. The van der Waals surface area contributed by atoms with Crippen LogP contribution in [0.3, 0.4) is 0 Å². The lowest BCUT2D eigenvalue weighted by molar-refractivity contribution is -0.134. The van der Waals surface area contributed by atoms with Gasteiger partial charge >= 0.3 is 0 Å². The molecule has 1 aliphatic carbocycles. The van der Waals surface area contributed by atoms with E-state index in [1.807, 2.05) is 12.1 Å². The lowest BCUT2D eigenvalue weighted by Crippen LogP contribution is -2.34. The van der Waals surface area contributed by atoms with E-state index < -0.39 is 5.82 Å². The van der Waals surface area contributed by atoms with Gasteiger partial charge in [0.25, 0.3) is 5.91 Å². The van der Waals surface area contributed by atoms with Gasteiger partial charge in [-0.1, -0.05) is 35.9 Å². The minimum atomic E-state index is -0.437. The van der Waals surface area contributed by atoms with Gasteiger partial charge in [-0.3, -0.25) is 4.79 Å². The number of hydrogen-bond donors (Lipinski definition) is 0. The van der Waals surface area contributed by atoms with E-state index in [2.05, 4.69) is 12.1 Å². The fraction of sp³-hybridized carbons (Fsp3) is 0.278. The van der Waals surface area contributed by atoms with Crippen LogP contribution in [0.25, 0.3) is 0 Å². The van der Waals surface area contributed by atoms with E-state index in [1.54, 1.807) is 11.9 Å². The van der Waals surface area contributed by atoms with E-state index in [4.69, 9.17) is 16.3 Å². The van der Waals surface area contributed by atoms with Gasteiger partial charge in [-0.05, 0) is 42.2 Å². The van der Waals surface area contributed by atoms with E-state index in [-0.39, 0.29) is 23.6 Å². The van der Waals surface area contributed by atoms with E-state index in [9.17, 15) is 9.18 Å². The van der Waals surface area contributed by atoms with Gasteiger partial charge in [0.1, 0.15) is 11.6 Å². The Bertz CT molecular complexity index is 735. The van der Waals surface area contributed by atoms with Crippen molar-refractivity contribution in [2.75, 3.05) is 13.7 Å². The number of carbonyl (C=O) groups is 1. The van der Waals surface area contributed by atoms with Crippen molar-refractivity contribution in [2.24, 2.45) is 0 Å². The van der Waals surface area contributed by atoms with Gasteiger partial charge in [-0.25, -0.2) is 4.39 Å². The van der Waals surface area contributed by atoms with Crippen LogP contribution in [-0.4, -0.2) is 24.5 Å². The number of fused-ring (bicyclic) bond motifs is 1. The average molecular weight is 334 g/mol. The highest BCUT2D eigenvalue weighted by Crippen LogP contribution is 2.35. The first kappa shape index (κ1) is 15.8. The Kier molecular flexibility index (Phi) is 4.53. The molecule has 0 aliphatic heterocycles. The summed E-state index contributed by atoms with van der Waals surface area (Å²) < 4.78 is 18.4. The van der Waals surface area contributed by atoms with Gasteiger partial charge in [-0.15, -0.1) is 0 Å². The first-order chi connectivity index (χ1) is 11.1. The highest BCUT2D eigenvalue weighted by Gasteiger charge is 2.28. The number of benzene rings is 2. The number of rotatable bonds is 4. The second-order valence-corrected chi connectivity index (χ2v) is 6.03. The highest BCUT2D eigenvalue weighted by atomic mass is 35.5. The molecule has 0 heterocycles. The van der Waals surface area contributed by atoms with Crippen LogP contribution in [0.1, 0.15) is 23.6 Å². The fourth-order valence-electron chi connectivity index (χ4n) is 2.94. The van der Waals surface area contributed by atoms with Crippen molar-refractivity contribution in [3.05, 3.63) is 64.4 Å². The third-order valence-electron chi connectivity index (χ3n) is 4.21. The highest BCUT2D eigenvalue weighted by molar-refractivity contribution is 6.32. The Labute approximate surface area is 139 Å². The molecule has 0 N–H and O–H groups in total. The van der Waals surface area contributed by atoms with Crippen LogP contribution < -0.4 is 4.74 Å². The van der Waals surface area contributed by atoms with Crippen LogP contribution in [0, 0.1) is 5.82 Å². The first-order valence-corrected chi connectivity index (χ1v) is 7.85. The van der Waals surface area contributed by atoms with Crippen LogP contribution in [0.4, 0.5) is 4.39 Å². The first-order valence-electron chi connectivity index (χ1n) is 7.47. The van der Waals surface area contributed by atoms with Gasteiger partial charge in [0.2, 0.25) is 0 Å². The summed E-state index contributed by atoms with van der Waals surface area (Å²) in [6, 6.07) is 12.1. The Morgan fingerprint density at radius 1 is 1.35 bits per heavy atom. The monoisotopic (exact) mass is 333 g/mol. The van der Waals surface area contributed by atoms with Crippen LogP contribution >= 0.6 is 11.6 Å². The summed E-state index contributed by atoms with van der Waals surface area (Å²) >= 11 is 5.90. The van der Waals surface area contributed by atoms with Crippen molar-refractivity contribution in [3.8, 4) is 5.75 Å². The number of halogens is 2. The molecule has 0 radical (unpaired) electrons. The van der Waals surface area contributed by atoms with Crippen molar-refractivity contribution in [1.29, 1.82) is 0 Å². The van der Waals surface area contributed by atoms with Crippen molar-refractivity contribution >= 4 is 17.5 Å². The van der Waals surface area contributed by atoms with E-state index in [0.717, 1.165) is 18.9 Å². The molecule has 2 aromatic carbocycles. The SMILES string of the molecule is CN(C(=O)COc1ccc(F)cc1Cl)[C@@H]1CCc2ccccc21. The topological polar surface area (TPSA) is 29.5 Å². The lowest BCUT2D eigenvalue weighted by atomic mass is 10.1.